The van der Waals surface area contributed by atoms with Gasteiger partial charge in [0.2, 0.25) is 5.91 Å². The quantitative estimate of drug-likeness (QED) is 0.821. The number of hydrogen-bond donors (Lipinski definition) is 1. The van der Waals surface area contributed by atoms with Crippen LogP contribution in [0.3, 0.4) is 0 Å². The lowest BCUT2D eigenvalue weighted by Crippen LogP contribution is -2.41. The van der Waals surface area contributed by atoms with Gasteiger partial charge < -0.3 is 5.32 Å². The fourth-order valence-electron chi connectivity index (χ4n) is 4.31. The number of halogens is 4. The number of carbonyl (C=O) groups excluding carboxylic acids is 1. The molecule has 2 bridgehead atoms. The van der Waals surface area contributed by atoms with Gasteiger partial charge in [0.15, 0.2) is 5.69 Å². The van der Waals surface area contributed by atoms with Crippen LogP contribution in [0, 0.1) is 24.7 Å². The second-order valence-corrected chi connectivity index (χ2v) is 7.89. The Hall–Kier alpha value is -1.05. The molecule has 2 aliphatic carbocycles. The van der Waals surface area contributed by atoms with Crippen LogP contribution in [-0.2, 0) is 17.5 Å². The third-order valence-corrected chi connectivity index (χ3v) is 6.47. The highest BCUT2D eigenvalue weighted by atomic mass is 79.9. The van der Waals surface area contributed by atoms with Crippen LogP contribution in [0.25, 0.3) is 0 Å². The van der Waals surface area contributed by atoms with E-state index in [9.17, 15) is 18.0 Å². The molecule has 8 heteroatoms. The summed E-state index contributed by atoms with van der Waals surface area (Å²) >= 11 is 2.92. The second kappa shape index (κ2) is 6.35. The van der Waals surface area contributed by atoms with Crippen molar-refractivity contribution in [2.24, 2.45) is 17.8 Å². The summed E-state index contributed by atoms with van der Waals surface area (Å²) in [6.45, 7) is 3.31. The molecular formula is C16H21BrF3N3O. The molecule has 0 aromatic carbocycles. The van der Waals surface area contributed by atoms with E-state index >= 15 is 0 Å². The SMILES string of the molecule is Cc1c(Br)c(C(F)(F)F)nn1CC(=O)N[C@@H](C)[C@@H]1C[C@@H]2CC[C@@H]1C2. The lowest BCUT2D eigenvalue weighted by molar-refractivity contribution is -0.142. The van der Waals surface area contributed by atoms with E-state index in [-0.39, 0.29) is 23.0 Å². The Morgan fingerprint density at radius 1 is 1.42 bits per heavy atom. The topological polar surface area (TPSA) is 46.9 Å². The number of rotatable bonds is 4. The van der Waals surface area contributed by atoms with Gasteiger partial charge in [0.05, 0.1) is 10.2 Å². The molecule has 0 saturated heterocycles. The number of nitrogens with zero attached hydrogens (tertiary/aromatic N) is 2. The fourth-order valence-corrected chi connectivity index (χ4v) is 4.82. The number of amides is 1. The number of aromatic nitrogens is 2. The van der Waals surface area contributed by atoms with Gasteiger partial charge in [0, 0.05) is 6.04 Å². The summed E-state index contributed by atoms with van der Waals surface area (Å²) in [4.78, 5) is 12.2. The Morgan fingerprint density at radius 2 is 2.12 bits per heavy atom. The number of fused-ring (bicyclic) bond motifs is 2. The van der Waals surface area contributed by atoms with E-state index in [0.29, 0.717) is 17.5 Å². The van der Waals surface area contributed by atoms with E-state index in [1.165, 1.54) is 26.2 Å². The summed E-state index contributed by atoms with van der Waals surface area (Å²) in [6, 6.07) is 0.0502. The predicted octanol–water partition coefficient (Wildman–Crippen LogP) is 3.91. The maximum Gasteiger partial charge on any atom is 0.436 e. The maximum atomic E-state index is 12.9. The van der Waals surface area contributed by atoms with E-state index in [1.807, 2.05) is 6.92 Å². The van der Waals surface area contributed by atoms with Gasteiger partial charge in [-0.25, -0.2) is 0 Å². The zero-order valence-electron chi connectivity index (χ0n) is 13.7. The third kappa shape index (κ3) is 3.34. The van der Waals surface area contributed by atoms with Crippen LogP contribution in [0.5, 0.6) is 0 Å². The molecule has 1 N–H and O–H groups in total. The highest BCUT2D eigenvalue weighted by Gasteiger charge is 2.42. The van der Waals surface area contributed by atoms with Crippen molar-refractivity contribution in [1.82, 2.24) is 15.1 Å². The van der Waals surface area contributed by atoms with E-state index in [2.05, 4.69) is 26.3 Å². The standard InChI is InChI=1S/C16H21BrF3N3O/c1-8(12-6-10-3-4-11(12)5-10)21-13(24)7-23-9(2)14(17)15(22-23)16(18,19)20/h8,10-12H,3-7H2,1-2H3,(H,21,24)/t8-,10+,11+,12-/m0/s1. The molecule has 1 aromatic heterocycles. The van der Waals surface area contributed by atoms with Crippen molar-refractivity contribution in [3.05, 3.63) is 15.9 Å². The van der Waals surface area contributed by atoms with Gasteiger partial charge >= 0.3 is 6.18 Å². The summed E-state index contributed by atoms with van der Waals surface area (Å²) in [5.74, 6) is 1.67. The number of alkyl halides is 3. The average molecular weight is 408 g/mol. The average Bonchev–Trinajstić information content (AvgIpc) is 3.17. The first kappa shape index (κ1) is 17.8. The summed E-state index contributed by atoms with van der Waals surface area (Å²) in [7, 11) is 0. The minimum absolute atomic E-state index is 0.0502. The Balaban J connectivity index is 1.63. The summed E-state index contributed by atoms with van der Waals surface area (Å²) in [6.07, 6.45) is 0.391. The number of carbonyl (C=O) groups is 1. The molecule has 4 atom stereocenters. The van der Waals surface area contributed by atoms with Crippen molar-refractivity contribution >= 4 is 21.8 Å². The summed E-state index contributed by atoms with van der Waals surface area (Å²) < 4.78 is 39.6. The molecule has 2 saturated carbocycles. The van der Waals surface area contributed by atoms with Gasteiger partial charge in [0.1, 0.15) is 6.54 Å². The monoisotopic (exact) mass is 407 g/mol. The van der Waals surface area contributed by atoms with Crippen LogP contribution in [0.1, 0.15) is 44.0 Å². The van der Waals surface area contributed by atoms with Crippen LogP contribution < -0.4 is 5.32 Å². The highest BCUT2D eigenvalue weighted by Crippen LogP contribution is 2.49. The van der Waals surface area contributed by atoms with Gasteiger partial charge in [-0.3, -0.25) is 9.48 Å². The molecule has 1 aromatic rings. The van der Waals surface area contributed by atoms with Crippen LogP contribution in [0.15, 0.2) is 4.47 Å². The molecule has 0 aliphatic heterocycles. The lowest BCUT2D eigenvalue weighted by Gasteiger charge is -2.28. The van der Waals surface area contributed by atoms with Crippen LogP contribution in [0.2, 0.25) is 0 Å². The zero-order chi connectivity index (χ0) is 17.6. The van der Waals surface area contributed by atoms with Crippen molar-refractivity contribution in [3.8, 4) is 0 Å². The molecule has 24 heavy (non-hydrogen) atoms. The minimum atomic E-state index is -4.54. The molecule has 2 aliphatic rings. The van der Waals surface area contributed by atoms with Gasteiger partial charge in [-0.2, -0.15) is 18.3 Å². The second-order valence-electron chi connectivity index (χ2n) is 7.10. The zero-order valence-corrected chi connectivity index (χ0v) is 15.2. The van der Waals surface area contributed by atoms with Gasteiger partial charge in [-0.1, -0.05) is 6.42 Å². The molecular weight excluding hydrogens is 387 g/mol. The molecule has 1 amide bonds. The molecule has 0 spiro atoms. The number of nitrogens with one attached hydrogen (secondary N) is 1. The first-order valence-electron chi connectivity index (χ1n) is 8.26. The van der Waals surface area contributed by atoms with E-state index in [0.717, 1.165) is 17.0 Å². The lowest BCUT2D eigenvalue weighted by atomic mass is 9.84. The first-order chi connectivity index (χ1) is 11.2. The fraction of sp³-hybridized carbons (Fsp3) is 0.750. The van der Waals surface area contributed by atoms with Gasteiger partial charge in [0.25, 0.3) is 0 Å². The smallest absolute Gasteiger partial charge is 0.352 e. The molecule has 0 radical (unpaired) electrons. The van der Waals surface area contributed by atoms with Crippen LogP contribution in [-0.4, -0.2) is 21.7 Å². The van der Waals surface area contributed by atoms with Gasteiger partial charge in [-0.15, -0.1) is 0 Å². The summed E-state index contributed by atoms with van der Waals surface area (Å²) in [5, 5.41) is 6.50. The summed E-state index contributed by atoms with van der Waals surface area (Å²) in [5.41, 5.74) is -0.695. The Bertz CT molecular complexity index is 643. The normalized spacial score (nSPS) is 27.5. The maximum absolute atomic E-state index is 12.9. The molecule has 2 fully saturated rings. The first-order valence-corrected chi connectivity index (χ1v) is 9.05. The van der Waals surface area contributed by atoms with Gasteiger partial charge in [-0.05, 0) is 66.8 Å². The van der Waals surface area contributed by atoms with Crippen molar-refractivity contribution in [3.63, 3.8) is 0 Å². The molecule has 4 nitrogen and oxygen atoms in total. The molecule has 134 valence electrons. The van der Waals surface area contributed by atoms with Crippen molar-refractivity contribution < 1.29 is 18.0 Å². The van der Waals surface area contributed by atoms with E-state index in [1.54, 1.807) is 0 Å². The Labute approximate surface area is 147 Å². The van der Waals surface area contributed by atoms with Crippen molar-refractivity contribution in [2.45, 2.75) is 58.3 Å². The minimum Gasteiger partial charge on any atom is -0.352 e. The Kier molecular flexibility index (Phi) is 4.70. The van der Waals surface area contributed by atoms with Crippen molar-refractivity contribution in [2.75, 3.05) is 0 Å². The molecule has 3 rings (SSSR count). The predicted molar refractivity (Wildman–Crippen MR) is 86.2 cm³/mol. The number of hydrogen-bond acceptors (Lipinski definition) is 2. The van der Waals surface area contributed by atoms with E-state index in [4.69, 9.17) is 0 Å². The van der Waals surface area contributed by atoms with Crippen molar-refractivity contribution in [1.29, 1.82) is 0 Å². The Morgan fingerprint density at radius 3 is 2.62 bits per heavy atom. The largest absolute Gasteiger partial charge is 0.436 e. The molecule has 1 heterocycles. The third-order valence-electron chi connectivity index (χ3n) is 5.52. The van der Waals surface area contributed by atoms with Crippen LogP contribution in [0.4, 0.5) is 13.2 Å². The van der Waals surface area contributed by atoms with E-state index < -0.39 is 11.9 Å². The van der Waals surface area contributed by atoms with Crippen LogP contribution >= 0.6 is 15.9 Å². The highest BCUT2D eigenvalue weighted by molar-refractivity contribution is 9.10. The molecule has 0 unspecified atom stereocenters.